The molecule has 0 radical (unpaired) electrons. The Kier molecular flexibility index (Phi) is 3.68. The highest BCUT2D eigenvalue weighted by Gasteiger charge is 2.44. The molecule has 0 bridgehead atoms. The summed E-state index contributed by atoms with van der Waals surface area (Å²) >= 11 is 7.94. The second-order valence-electron chi connectivity index (χ2n) is 5.51. The normalized spacial score (nSPS) is 19.5. The van der Waals surface area contributed by atoms with Crippen LogP contribution in [0.4, 0.5) is 0 Å². The number of fused-ring (bicyclic) bond motifs is 1. The number of hydrogen-bond donors (Lipinski definition) is 0. The fourth-order valence-corrected chi connectivity index (χ4v) is 4.00. The van der Waals surface area contributed by atoms with Crippen molar-refractivity contribution in [2.24, 2.45) is 0 Å². The molecule has 1 saturated heterocycles. The first-order valence-electron chi connectivity index (χ1n) is 7.39. The van der Waals surface area contributed by atoms with Gasteiger partial charge in [-0.1, -0.05) is 35.9 Å². The average molecular weight is 334 g/mol. The molecule has 2 aliphatic rings. The van der Waals surface area contributed by atoms with Gasteiger partial charge in [0.15, 0.2) is 11.5 Å². The van der Waals surface area contributed by atoms with E-state index >= 15 is 0 Å². The third-order valence-corrected chi connectivity index (χ3v) is 5.61. The molecule has 0 aromatic heterocycles. The Balaban J connectivity index is 1.41. The van der Waals surface area contributed by atoms with Crippen molar-refractivity contribution in [1.82, 2.24) is 4.31 Å². The molecule has 0 N–H and O–H groups in total. The molecule has 2 aromatic carbocycles. The number of hydrogen-bond acceptors (Lipinski definition) is 4. The van der Waals surface area contributed by atoms with E-state index in [1.807, 2.05) is 42.5 Å². The standard InChI is InChI=1S/C17H16ClNO2S/c18-13-5-1-4-8-16(13)22-19-11-9-17(10-12-19)20-14-6-2-3-7-15(14)21-17/h1-8H,9-12H2. The SMILES string of the molecule is Clc1ccccc1SN1CCC2(CC1)Oc1ccccc1O2. The highest BCUT2D eigenvalue weighted by molar-refractivity contribution is 7.97. The highest BCUT2D eigenvalue weighted by Crippen LogP contribution is 2.44. The fraction of sp³-hybridized carbons (Fsp3) is 0.294. The Morgan fingerprint density at radius 3 is 2.14 bits per heavy atom. The Hall–Kier alpha value is -1.36. The lowest BCUT2D eigenvalue weighted by Gasteiger charge is -2.36. The van der Waals surface area contributed by atoms with Gasteiger partial charge in [0.25, 0.3) is 5.79 Å². The maximum Gasteiger partial charge on any atom is 0.254 e. The van der Waals surface area contributed by atoms with E-state index < -0.39 is 5.79 Å². The van der Waals surface area contributed by atoms with Crippen LogP contribution in [0.15, 0.2) is 53.4 Å². The molecule has 1 fully saturated rings. The molecule has 0 amide bonds. The largest absolute Gasteiger partial charge is 0.448 e. The van der Waals surface area contributed by atoms with Crippen molar-refractivity contribution in [1.29, 1.82) is 0 Å². The number of piperidine rings is 1. The lowest BCUT2D eigenvalue weighted by atomic mass is 10.1. The Morgan fingerprint density at radius 1 is 0.909 bits per heavy atom. The van der Waals surface area contributed by atoms with E-state index in [1.165, 1.54) is 0 Å². The molecule has 0 unspecified atom stereocenters. The van der Waals surface area contributed by atoms with Gasteiger partial charge in [0, 0.05) is 30.8 Å². The molecule has 0 saturated carbocycles. The molecule has 0 atom stereocenters. The lowest BCUT2D eigenvalue weighted by Crippen LogP contribution is -2.47. The smallest absolute Gasteiger partial charge is 0.254 e. The van der Waals surface area contributed by atoms with E-state index in [1.54, 1.807) is 11.9 Å². The molecule has 1 spiro atoms. The van der Waals surface area contributed by atoms with Gasteiger partial charge in [-0.05, 0) is 36.2 Å². The minimum Gasteiger partial charge on any atom is -0.448 e. The molecule has 0 aliphatic carbocycles. The molecule has 22 heavy (non-hydrogen) atoms. The summed E-state index contributed by atoms with van der Waals surface area (Å²) in [6, 6.07) is 15.8. The summed E-state index contributed by atoms with van der Waals surface area (Å²) in [7, 11) is 0. The summed E-state index contributed by atoms with van der Waals surface area (Å²) in [6.45, 7) is 1.81. The molecule has 4 rings (SSSR count). The Bertz CT molecular complexity index is 659. The number of ether oxygens (including phenoxy) is 2. The molecule has 2 aromatic rings. The third kappa shape index (κ3) is 2.67. The van der Waals surface area contributed by atoms with E-state index in [0.29, 0.717) is 0 Å². The topological polar surface area (TPSA) is 21.7 Å². The molecule has 2 heterocycles. The van der Waals surface area contributed by atoms with E-state index in [-0.39, 0.29) is 0 Å². The van der Waals surface area contributed by atoms with Gasteiger partial charge in [-0.3, -0.25) is 0 Å². The molecular weight excluding hydrogens is 318 g/mol. The number of para-hydroxylation sites is 2. The first-order valence-corrected chi connectivity index (χ1v) is 8.54. The van der Waals surface area contributed by atoms with Crippen molar-refractivity contribution in [3.63, 3.8) is 0 Å². The van der Waals surface area contributed by atoms with Crippen molar-refractivity contribution < 1.29 is 9.47 Å². The maximum absolute atomic E-state index is 6.23. The predicted molar refractivity (Wildman–Crippen MR) is 88.5 cm³/mol. The number of halogens is 1. The zero-order chi connectivity index (χ0) is 15.0. The molecule has 114 valence electrons. The maximum atomic E-state index is 6.23. The summed E-state index contributed by atoms with van der Waals surface area (Å²) in [5.74, 6) is 1.23. The molecule has 5 heteroatoms. The van der Waals surface area contributed by atoms with Gasteiger partial charge >= 0.3 is 0 Å². The van der Waals surface area contributed by atoms with Crippen molar-refractivity contribution in [3.05, 3.63) is 53.6 Å². The summed E-state index contributed by atoms with van der Waals surface area (Å²) in [5, 5.41) is 0.800. The Morgan fingerprint density at radius 2 is 1.50 bits per heavy atom. The second-order valence-corrected chi connectivity index (χ2v) is 7.06. The van der Waals surface area contributed by atoms with Crippen LogP contribution in [0.1, 0.15) is 12.8 Å². The minimum atomic E-state index is -0.485. The average Bonchev–Trinajstić information content (AvgIpc) is 2.90. The first-order chi connectivity index (χ1) is 10.7. The number of benzene rings is 2. The van der Waals surface area contributed by atoms with E-state index in [4.69, 9.17) is 21.1 Å². The molecule has 3 nitrogen and oxygen atoms in total. The van der Waals surface area contributed by atoms with Gasteiger partial charge < -0.3 is 9.47 Å². The van der Waals surface area contributed by atoms with Gasteiger partial charge in [0.05, 0.1) is 5.02 Å². The fourth-order valence-electron chi connectivity index (χ4n) is 2.82. The van der Waals surface area contributed by atoms with Crippen LogP contribution >= 0.6 is 23.5 Å². The predicted octanol–water partition coefficient (Wildman–Crippen LogP) is 4.61. The number of rotatable bonds is 2. The van der Waals surface area contributed by atoms with Gasteiger partial charge in [-0.15, -0.1) is 0 Å². The third-order valence-electron chi connectivity index (χ3n) is 3.99. The highest BCUT2D eigenvalue weighted by atomic mass is 35.5. The summed E-state index contributed by atoms with van der Waals surface area (Å²) in [4.78, 5) is 1.09. The van der Waals surface area contributed by atoms with Crippen molar-refractivity contribution in [2.45, 2.75) is 23.5 Å². The quantitative estimate of drug-likeness (QED) is 0.748. The van der Waals surface area contributed by atoms with Crippen molar-refractivity contribution >= 4 is 23.5 Å². The van der Waals surface area contributed by atoms with Gasteiger partial charge in [0.2, 0.25) is 0 Å². The summed E-state index contributed by atoms with van der Waals surface area (Å²) in [6.07, 6.45) is 1.69. The second kappa shape index (κ2) is 5.69. The molecule has 2 aliphatic heterocycles. The molecular formula is C17H16ClNO2S. The van der Waals surface area contributed by atoms with Crippen LogP contribution in [0.3, 0.4) is 0 Å². The summed E-state index contributed by atoms with van der Waals surface area (Å²) < 4.78 is 14.5. The van der Waals surface area contributed by atoms with Gasteiger partial charge in [-0.25, -0.2) is 4.31 Å². The van der Waals surface area contributed by atoms with Gasteiger partial charge in [-0.2, -0.15) is 0 Å². The Labute approximate surface area is 139 Å². The van der Waals surface area contributed by atoms with Crippen LogP contribution < -0.4 is 9.47 Å². The zero-order valence-electron chi connectivity index (χ0n) is 12.0. The van der Waals surface area contributed by atoms with Crippen LogP contribution in [0.25, 0.3) is 0 Å². The minimum absolute atomic E-state index is 0.485. The van der Waals surface area contributed by atoms with Crippen LogP contribution in [0.5, 0.6) is 11.5 Å². The lowest BCUT2D eigenvalue weighted by molar-refractivity contribution is -0.109. The zero-order valence-corrected chi connectivity index (χ0v) is 13.6. The van der Waals surface area contributed by atoms with Crippen LogP contribution in [0, 0.1) is 0 Å². The van der Waals surface area contributed by atoms with E-state index in [2.05, 4.69) is 10.4 Å². The van der Waals surface area contributed by atoms with Crippen molar-refractivity contribution in [3.8, 4) is 11.5 Å². The number of nitrogens with zero attached hydrogens (tertiary/aromatic N) is 1. The monoisotopic (exact) mass is 333 g/mol. The van der Waals surface area contributed by atoms with Gasteiger partial charge in [0.1, 0.15) is 0 Å². The van der Waals surface area contributed by atoms with Crippen LogP contribution in [-0.4, -0.2) is 23.2 Å². The van der Waals surface area contributed by atoms with Crippen molar-refractivity contribution in [2.75, 3.05) is 13.1 Å². The first kappa shape index (κ1) is 14.2. The van der Waals surface area contributed by atoms with E-state index in [9.17, 15) is 0 Å². The van der Waals surface area contributed by atoms with Crippen LogP contribution in [-0.2, 0) is 0 Å². The van der Waals surface area contributed by atoms with Crippen LogP contribution in [0.2, 0.25) is 5.02 Å². The summed E-state index contributed by atoms with van der Waals surface area (Å²) in [5.41, 5.74) is 0. The van der Waals surface area contributed by atoms with E-state index in [0.717, 1.165) is 47.3 Å².